The van der Waals surface area contributed by atoms with Gasteiger partial charge in [0.1, 0.15) is 0 Å². The van der Waals surface area contributed by atoms with Gasteiger partial charge in [-0.25, -0.2) is 0 Å². The van der Waals surface area contributed by atoms with Gasteiger partial charge in [0.2, 0.25) is 0 Å². The lowest BCUT2D eigenvalue weighted by atomic mass is 10.3. The molecule has 0 bridgehead atoms. The van der Waals surface area contributed by atoms with E-state index in [9.17, 15) is 13.2 Å². The van der Waals surface area contributed by atoms with Crippen LogP contribution in [0.15, 0.2) is 6.07 Å². The van der Waals surface area contributed by atoms with Crippen molar-refractivity contribution in [1.29, 1.82) is 0 Å². The Morgan fingerprint density at radius 3 is 2.46 bits per heavy atom. The van der Waals surface area contributed by atoms with Crippen LogP contribution < -0.4 is 10.5 Å². The average molecular weight is 193 g/mol. The molecule has 1 rings (SSSR count). The zero-order valence-electron chi connectivity index (χ0n) is 6.59. The van der Waals surface area contributed by atoms with Gasteiger partial charge in [-0.15, -0.1) is 10.2 Å². The lowest BCUT2D eigenvalue weighted by Crippen LogP contribution is -2.10. The number of hydrogen-bond acceptors (Lipinski definition) is 4. The van der Waals surface area contributed by atoms with Crippen LogP contribution >= 0.6 is 0 Å². The SMILES string of the molecule is COc1cc(C(F)(F)F)nnc1N. The third kappa shape index (κ3) is 1.98. The summed E-state index contributed by atoms with van der Waals surface area (Å²) in [7, 11) is 1.20. The van der Waals surface area contributed by atoms with Gasteiger partial charge < -0.3 is 10.5 Å². The van der Waals surface area contributed by atoms with Crippen molar-refractivity contribution in [2.75, 3.05) is 12.8 Å². The molecule has 0 atom stereocenters. The first-order valence-electron chi connectivity index (χ1n) is 3.19. The first-order valence-corrected chi connectivity index (χ1v) is 3.19. The quantitative estimate of drug-likeness (QED) is 0.725. The number of nitrogen functional groups attached to an aromatic ring is 1. The first-order chi connectivity index (χ1) is 5.95. The second-order valence-electron chi connectivity index (χ2n) is 2.18. The molecule has 72 valence electrons. The van der Waals surface area contributed by atoms with E-state index in [0.717, 1.165) is 0 Å². The van der Waals surface area contributed by atoms with Gasteiger partial charge in [0, 0.05) is 6.07 Å². The van der Waals surface area contributed by atoms with Crippen LogP contribution in [0, 0.1) is 0 Å². The van der Waals surface area contributed by atoms with Crippen LogP contribution in [0.4, 0.5) is 19.0 Å². The minimum Gasteiger partial charge on any atom is -0.493 e. The lowest BCUT2D eigenvalue weighted by Gasteiger charge is -2.07. The molecule has 0 aliphatic rings. The molecule has 0 radical (unpaired) electrons. The van der Waals surface area contributed by atoms with Gasteiger partial charge in [-0.1, -0.05) is 0 Å². The van der Waals surface area contributed by atoms with Crippen LogP contribution in [0.25, 0.3) is 0 Å². The van der Waals surface area contributed by atoms with E-state index >= 15 is 0 Å². The topological polar surface area (TPSA) is 61.0 Å². The van der Waals surface area contributed by atoms with Gasteiger partial charge >= 0.3 is 6.18 Å². The maximum atomic E-state index is 12.0. The molecule has 4 nitrogen and oxygen atoms in total. The largest absolute Gasteiger partial charge is 0.493 e. The minimum absolute atomic E-state index is 0.137. The molecule has 0 aliphatic carbocycles. The van der Waals surface area contributed by atoms with Crippen molar-refractivity contribution in [3.63, 3.8) is 0 Å². The molecule has 0 aromatic carbocycles. The van der Waals surface area contributed by atoms with Crippen molar-refractivity contribution < 1.29 is 17.9 Å². The molecule has 13 heavy (non-hydrogen) atoms. The number of methoxy groups -OCH3 is 1. The number of nitrogens with zero attached hydrogens (tertiary/aromatic N) is 2. The molecule has 0 amide bonds. The molecular formula is C6H6F3N3O. The third-order valence-electron chi connectivity index (χ3n) is 1.30. The smallest absolute Gasteiger partial charge is 0.435 e. The molecule has 1 heterocycles. The second-order valence-corrected chi connectivity index (χ2v) is 2.18. The monoisotopic (exact) mass is 193 g/mol. The zero-order chi connectivity index (χ0) is 10.1. The molecular weight excluding hydrogens is 187 g/mol. The van der Waals surface area contributed by atoms with Gasteiger partial charge in [-0.05, 0) is 0 Å². The van der Waals surface area contributed by atoms with E-state index in [2.05, 4.69) is 14.9 Å². The van der Waals surface area contributed by atoms with Crippen LogP contribution in [-0.4, -0.2) is 17.3 Å². The number of anilines is 1. The Kier molecular flexibility index (Phi) is 2.26. The van der Waals surface area contributed by atoms with Crippen molar-refractivity contribution in [3.05, 3.63) is 11.8 Å². The van der Waals surface area contributed by atoms with Crippen LogP contribution in [-0.2, 0) is 6.18 Å². The van der Waals surface area contributed by atoms with Crippen molar-refractivity contribution >= 4 is 5.82 Å². The van der Waals surface area contributed by atoms with Crippen LogP contribution in [0.5, 0.6) is 5.75 Å². The molecule has 0 fully saturated rings. The summed E-state index contributed by atoms with van der Waals surface area (Å²) in [5.74, 6) is -0.308. The number of aromatic nitrogens is 2. The van der Waals surface area contributed by atoms with E-state index in [1.165, 1.54) is 7.11 Å². The Hall–Kier alpha value is -1.53. The second kappa shape index (κ2) is 3.08. The fraction of sp³-hybridized carbons (Fsp3) is 0.333. The summed E-state index contributed by atoms with van der Waals surface area (Å²) in [4.78, 5) is 0. The number of halogens is 3. The predicted octanol–water partition coefficient (Wildman–Crippen LogP) is 1.09. The molecule has 1 aromatic heterocycles. The number of nitrogens with two attached hydrogens (primary N) is 1. The molecule has 1 aromatic rings. The average Bonchev–Trinajstić information content (AvgIpc) is 2.03. The highest BCUT2D eigenvalue weighted by molar-refractivity contribution is 5.45. The molecule has 0 unspecified atom stereocenters. The van der Waals surface area contributed by atoms with E-state index in [1.807, 2.05) is 0 Å². The molecule has 0 saturated carbocycles. The minimum atomic E-state index is -4.53. The van der Waals surface area contributed by atoms with E-state index in [1.54, 1.807) is 0 Å². The van der Waals surface area contributed by atoms with Crippen LogP contribution in [0.2, 0.25) is 0 Å². The van der Waals surface area contributed by atoms with Gasteiger partial charge in [0.15, 0.2) is 17.3 Å². The van der Waals surface area contributed by atoms with Crippen molar-refractivity contribution in [3.8, 4) is 5.75 Å². The number of rotatable bonds is 1. The molecule has 2 N–H and O–H groups in total. The van der Waals surface area contributed by atoms with Gasteiger partial charge in [0.25, 0.3) is 0 Å². The van der Waals surface area contributed by atoms with E-state index < -0.39 is 11.9 Å². The number of hydrogen-bond donors (Lipinski definition) is 1. The maximum Gasteiger partial charge on any atom is 0.435 e. The van der Waals surface area contributed by atoms with Crippen molar-refractivity contribution in [2.45, 2.75) is 6.18 Å². The fourth-order valence-electron chi connectivity index (χ4n) is 0.686. The van der Waals surface area contributed by atoms with Gasteiger partial charge in [0.05, 0.1) is 7.11 Å². The Morgan fingerprint density at radius 1 is 1.38 bits per heavy atom. The van der Waals surface area contributed by atoms with Gasteiger partial charge in [-0.2, -0.15) is 13.2 Å². The summed E-state index contributed by atoms with van der Waals surface area (Å²) in [6.45, 7) is 0. The molecule has 7 heteroatoms. The Labute approximate surface area is 71.5 Å². The highest BCUT2D eigenvalue weighted by Gasteiger charge is 2.33. The fourth-order valence-corrected chi connectivity index (χ4v) is 0.686. The Morgan fingerprint density at radius 2 is 2.00 bits per heavy atom. The summed E-state index contributed by atoms with van der Waals surface area (Å²) in [6, 6.07) is 0.697. The zero-order valence-corrected chi connectivity index (χ0v) is 6.59. The number of alkyl halides is 3. The summed E-state index contributed by atoms with van der Waals surface area (Å²) in [5.41, 5.74) is 4.05. The first kappa shape index (κ1) is 9.56. The normalized spacial score (nSPS) is 11.4. The van der Waals surface area contributed by atoms with Crippen LogP contribution in [0.1, 0.15) is 5.69 Å². The standard InChI is InChI=1S/C6H6F3N3O/c1-13-3-2-4(6(7,8)9)11-12-5(3)10/h2H,1H3,(H2,10,12). The van der Waals surface area contributed by atoms with Crippen molar-refractivity contribution in [2.24, 2.45) is 0 Å². The molecule has 0 aliphatic heterocycles. The van der Waals surface area contributed by atoms with Crippen LogP contribution in [0.3, 0.4) is 0 Å². The Bertz CT molecular complexity index is 312. The highest BCUT2D eigenvalue weighted by atomic mass is 19.4. The third-order valence-corrected chi connectivity index (χ3v) is 1.30. The van der Waals surface area contributed by atoms with Gasteiger partial charge in [-0.3, -0.25) is 0 Å². The lowest BCUT2D eigenvalue weighted by molar-refractivity contribution is -0.141. The van der Waals surface area contributed by atoms with Crippen molar-refractivity contribution in [1.82, 2.24) is 10.2 Å². The van der Waals surface area contributed by atoms with E-state index in [4.69, 9.17) is 5.73 Å². The summed E-state index contributed by atoms with van der Waals surface area (Å²) in [6.07, 6.45) is -4.53. The summed E-state index contributed by atoms with van der Waals surface area (Å²) < 4.78 is 40.7. The molecule has 0 spiro atoms. The summed E-state index contributed by atoms with van der Waals surface area (Å²) >= 11 is 0. The number of ether oxygens (including phenoxy) is 1. The Balaban J connectivity index is 3.14. The highest BCUT2D eigenvalue weighted by Crippen LogP contribution is 2.30. The van der Waals surface area contributed by atoms with E-state index in [0.29, 0.717) is 6.07 Å². The van der Waals surface area contributed by atoms with E-state index in [-0.39, 0.29) is 11.6 Å². The molecule has 0 saturated heterocycles. The maximum absolute atomic E-state index is 12.0. The predicted molar refractivity (Wildman–Crippen MR) is 38.0 cm³/mol. The summed E-state index contributed by atoms with van der Waals surface area (Å²) in [5, 5.41) is 5.98.